The Hall–Kier alpha value is 1.42. The summed E-state index contributed by atoms with van der Waals surface area (Å²) in [4.78, 5) is 0. The Morgan fingerprint density at radius 2 is 1.18 bits per heavy atom. The van der Waals surface area contributed by atoms with Gasteiger partial charge in [0.15, 0.2) is 0 Å². The molecule has 0 aromatic heterocycles. The topological polar surface area (TPSA) is 9.23 Å². The summed E-state index contributed by atoms with van der Waals surface area (Å²) in [5.74, 6) is 0. The van der Waals surface area contributed by atoms with Crippen LogP contribution in [0.1, 0.15) is 0 Å². The normalized spacial score (nSPS) is 10.6. The Morgan fingerprint density at radius 1 is 0.824 bits per heavy atom. The highest BCUT2D eigenvalue weighted by Gasteiger charge is 2.04. The number of alkyl halides is 1. The van der Waals surface area contributed by atoms with Gasteiger partial charge in [-0.05, 0) is 0 Å². The molecule has 0 amide bonds. The van der Waals surface area contributed by atoms with E-state index in [4.69, 9.17) is 3.83 Å². The van der Waals surface area contributed by atoms with E-state index in [0.717, 1.165) is 27.4 Å². The lowest BCUT2D eigenvalue weighted by Gasteiger charge is -2.22. The lowest BCUT2D eigenvalue weighted by molar-refractivity contribution is -0.870. The smallest absolute Gasteiger partial charge is 0.110 e. The second-order valence-electron chi connectivity index (χ2n) is 5.53. The zero-order valence-electron chi connectivity index (χ0n) is 11.6. The number of hydrogen-bond acceptors (Lipinski definition) is 1. The van der Waals surface area contributed by atoms with Gasteiger partial charge in [0.25, 0.3) is 0 Å². The molecule has 0 heterocycles. The molecule has 0 rings (SSSR count). The molecule has 0 fully saturated rings. The Kier molecular flexibility index (Phi) is 21.9. The molecular weight excluding hydrogens is 395 g/mol. The first-order chi connectivity index (χ1) is 6.62. The molecule has 7 heteroatoms. The number of quaternary nitrogens is 2. The number of nitrogens with zero attached hydrogens (tertiary/aromatic N) is 2. The van der Waals surface area contributed by atoms with Crippen LogP contribution in [-0.4, -0.2) is 76.3 Å². The molecule has 0 aromatic carbocycles. The molecule has 17 heavy (non-hydrogen) atoms. The van der Waals surface area contributed by atoms with Crippen LogP contribution in [0.3, 0.4) is 0 Å². The van der Waals surface area contributed by atoms with Crippen LogP contribution >= 0.6 is 32.2 Å². The lowest BCUT2D eigenvalue weighted by atomic mass is 10.5. The van der Waals surface area contributed by atoms with Crippen molar-refractivity contribution >= 4 is 32.2 Å². The van der Waals surface area contributed by atoms with Gasteiger partial charge in [0.05, 0.1) is 70.4 Å². The zero-order valence-corrected chi connectivity index (χ0v) is 16.3. The lowest BCUT2D eigenvalue weighted by Crippen LogP contribution is -3.00. The maximum atomic E-state index is 4.71. The van der Waals surface area contributed by atoms with Crippen molar-refractivity contribution in [2.45, 2.75) is 0 Å². The molecule has 0 saturated heterocycles. The molecule has 0 atom stereocenters. The Balaban J connectivity index is -0.0000000896. The SMILES string of the molecule is C[N+](C)(C)CCBr.C[N+](C)(C)CCOBr.[Cl-].[Cl-]. The van der Waals surface area contributed by atoms with E-state index < -0.39 is 0 Å². The highest BCUT2D eigenvalue weighted by molar-refractivity contribution is 9.09. The number of hydrogen-bond donors (Lipinski definition) is 0. The Labute approximate surface area is 136 Å². The summed E-state index contributed by atoms with van der Waals surface area (Å²) in [5, 5.41) is 1.09. The fourth-order valence-electron chi connectivity index (χ4n) is 0.562. The van der Waals surface area contributed by atoms with Crippen molar-refractivity contribution in [3.63, 3.8) is 0 Å². The second-order valence-corrected chi connectivity index (χ2v) is 6.78. The van der Waals surface area contributed by atoms with E-state index in [-0.39, 0.29) is 24.8 Å². The summed E-state index contributed by atoms with van der Waals surface area (Å²) >= 11 is 6.26. The Morgan fingerprint density at radius 3 is 1.24 bits per heavy atom. The van der Waals surface area contributed by atoms with Gasteiger partial charge in [-0.15, -0.1) is 0 Å². The molecule has 3 nitrogen and oxygen atoms in total. The largest absolute Gasteiger partial charge is 1.00 e. The van der Waals surface area contributed by atoms with Crippen LogP contribution in [0.2, 0.25) is 0 Å². The minimum absolute atomic E-state index is 0. The summed E-state index contributed by atoms with van der Waals surface area (Å²) in [5.41, 5.74) is 0. The maximum Gasteiger partial charge on any atom is 0.110 e. The van der Waals surface area contributed by atoms with E-state index >= 15 is 0 Å². The molecule has 0 aliphatic carbocycles. The van der Waals surface area contributed by atoms with Gasteiger partial charge in [0.1, 0.15) is 13.2 Å². The van der Waals surface area contributed by atoms with Crippen LogP contribution in [0.4, 0.5) is 0 Å². The minimum atomic E-state index is 0. The van der Waals surface area contributed by atoms with Crippen LogP contribution < -0.4 is 24.8 Å². The van der Waals surface area contributed by atoms with Gasteiger partial charge in [0, 0.05) is 0 Å². The third-order valence-corrected chi connectivity index (χ3v) is 2.27. The van der Waals surface area contributed by atoms with E-state index in [1.54, 1.807) is 0 Å². The van der Waals surface area contributed by atoms with E-state index in [9.17, 15) is 0 Å². The first-order valence-corrected chi connectivity index (χ1v) is 6.79. The van der Waals surface area contributed by atoms with Crippen molar-refractivity contribution in [3.8, 4) is 0 Å². The third-order valence-electron chi connectivity index (χ3n) is 1.59. The number of halogens is 4. The van der Waals surface area contributed by atoms with Gasteiger partial charge in [-0.2, -0.15) is 0 Å². The summed E-state index contributed by atoms with van der Waals surface area (Å²) < 4.78 is 6.71. The molecule has 0 radical (unpaired) electrons. The van der Waals surface area contributed by atoms with E-state index in [2.05, 4.69) is 74.5 Å². The van der Waals surface area contributed by atoms with Crippen LogP contribution in [-0.2, 0) is 3.83 Å². The standard InChI is InChI=1S/C5H13BrNO.C5H13BrN.2ClH/c1-7(2,3)4-5-8-6;1-7(2,3)5-4-6;;/h4-5H2,1-3H3;4-5H2,1-3H3;2*1H/q2*+1;;/p-2. The van der Waals surface area contributed by atoms with Gasteiger partial charge in [-0.1, -0.05) is 15.9 Å². The van der Waals surface area contributed by atoms with Crippen molar-refractivity contribution in [2.75, 3.05) is 67.3 Å². The highest BCUT2D eigenvalue weighted by atomic mass is 79.9. The van der Waals surface area contributed by atoms with Gasteiger partial charge in [0.2, 0.25) is 0 Å². The van der Waals surface area contributed by atoms with Gasteiger partial charge in [-0.25, -0.2) is 0 Å². The van der Waals surface area contributed by atoms with Crippen molar-refractivity contribution in [1.82, 2.24) is 0 Å². The van der Waals surface area contributed by atoms with Crippen molar-refractivity contribution in [3.05, 3.63) is 0 Å². The number of rotatable bonds is 5. The quantitative estimate of drug-likeness (QED) is 0.326. The predicted molar refractivity (Wildman–Crippen MR) is 74.5 cm³/mol. The van der Waals surface area contributed by atoms with Crippen molar-refractivity contribution < 1.29 is 37.6 Å². The molecule has 0 bridgehead atoms. The average Bonchev–Trinajstić information content (AvgIpc) is 1.98. The first-order valence-electron chi connectivity index (χ1n) is 5.03. The average molecular weight is 421 g/mol. The minimum Gasteiger partial charge on any atom is -1.00 e. The summed E-state index contributed by atoms with van der Waals surface area (Å²) in [6.07, 6.45) is 0. The number of likely N-dealkylation sites (N-methyl/N-ethyl adjacent to an activating group) is 1. The van der Waals surface area contributed by atoms with Crippen LogP contribution in [0, 0.1) is 0 Å². The monoisotopic (exact) mass is 418 g/mol. The van der Waals surface area contributed by atoms with Crippen LogP contribution in [0.5, 0.6) is 0 Å². The molecule has 0 aromatic rings. The van der Waals surface area contributed by atoms with Crippen molar-refractivity contribution in [2.24, 2.45) is 0 Å². The maximum absolute atomic E-state index is 4.71. The molecule has 0 unspecified atom stereocenters. The van der Waals surface area contributed by atoms with E-state index in [1.807, 2.05) is 0 Å². The molecular formula is C10H26Br2Cl2N2O. The molecule has 0 aliphatic heterocycles. The fourth-order valence-corrected chi connectivity index (χ4v) is 1.77. The molecule has 110 valence electrons. The molecule has 0 saturated carbocycles. The fraction of sp³-hybridized carbons (Fsp3) is 1.00. The Bertz CT molecular complexity index is 150. The van der Waals surface area contributed by atoms with Gasteiger partial charge >= 0.3 is 0 Å². The van der Waals surface area contributed by atoms with Crippen LogP contribution in [0.25, 0.3) is 0 Å². The van der Waals surface area contributed by atoms with E-state index in [1.165, 1.54) is 6.54 Å². The summed E-state index contributed by atoms with van der Waals surface area (Å²) in [6, 6.07) is 0. The zero-order chi connectivity index (χ0) is 12.5. The van der Waals surface area contributed by atoms with Crippen molar-refractivity contribution in [1.29, 1.82) is 0 Å². The highest BCUT2D eigenvalue weighted by Crippen LogP contribution is 1.91. The van der Waals surface area contributed by atoms with Crippen LogP contribution in [0.15, 0.2) is 0 Å². The third kappa shape index (κ3) is 38.1. The van der Waals surface area contributed by atoms with Gasteiger partial charge in [-0.3, -0.25) is 0 Å². The summed E-state index contributed by atoms with van der Waals surface area (Å²) in [6.45, 7) is 2.99. The predicted octanol–water partition coefficient (Wildman–Crippen LogP) is -3.89. The van der Waals surface area contributed by atoms with Gasteiger partial charge < -0.3 is 37.6 Å². The summed E-state index contributed by atoms with van der Waals surface area (Å²) in [7, 11) is 12.9. The second kappa shape index (κ2) is 13.8. The van der Waals surface area contributed by atoms with E-state index in [0.29, 0.717) is 0 Å². The molecule has 0 aliphatic rings. The molecule has 0 N–H and O–H groups in total. The first kappa shape index (κ1) is 26.9. The molecule has 0 spiro atoms.